The molecule has 3 aromatic rings. The van der Waals surface area contributed by atoms with E-state index in [1.807, 2.05) is 49.4 Å². The number of aromatic nitrogens is 2. The summed E-state index contributed by atoms with van der Waals surface area (Å²) in [5, 5.41) is 7.77. The first-order chi connectivity index (χ1) is 14.5. The van der Waals surface area contributed by atoms with E-state index in [1.54, 1.807) is 0 Å². The molecule has 2 heterocycles. The Hall–Kier alpha value is -2.22. The number of carbonyl (C=O) groups excluding carboxylic acids is 1. The number of hydrogen-bond acceptors (Lipinski definition) is 5. The lowest BCUT2D eigenvalue weighted by Gasteiger charge is -2.30. The lowest BCUT2D eigenvalue weighted by atomic mass is 9.95. The highest BCUT2D eigenvalue weighted by Crippen LogP contribution is 2.26. The molecule has 8 heteroatoms. The maximum absolute atomic E-state index is 12.7. The van der Waals surface area contributed by atoms with Gasteiger partial charge in [-0.2, -0.15) is 4.98 Å². The van der Waals surface area contributed by atoms with Crippen LogP contribution in [0.4, 0.5) is 5.69 Å². The molecule has 1 N–H and O–H groups in total. The molecule has 1 aromatic heterocycles. The second-order valence-electron chi connectivity index (χ2n) is 7.47. The maximum atomic E-state index is 12.7. The summed E-state index contributed by atoms with van der Waals surface area (Å²) >= 11 is 9.57. The zero-order valence-corrected chi connectivity index (χ0v) is 18.9. The predicted octanol–water partition coefficient (Wildman–Crippen LogP) is 5.31. The Morgan fingerprint density at radius 1 is 1.23 bits per heavy atom. The summed E-state index contributed by atoms with van der Waals surface area (Å²) in [5.74, 6) is 1.21. The van der Waals surface area contributed by atoms with Crippen LogP contribution >= 0.6 is 27.5 Å². The minimum atomic E-state index is -0.0133. The molecule has 0 bridgehead atoms. The number of anilines is 1. The van der Waals surface area contributed by atoms with Crippen molar-refractivity contribution in [3.8, 4) is 11.4 Å². The van der Waals surface area contributed by atoms with Gasteiger partial charge < -0.3 is 9.84 Å². The number of halogens is 2. The van der Waals surface area contributed by atoms with Crippen LogP contribution in [0.25, 0.3) is 11.4 Å². The van der Waals surface area contributed by atoms with Gasteiger partial charge in [0, 0.05) is 26.7 Å². The monoisotopic (exact) mass is 488 g/mol. The number of piperidine rings is 1. The van der Waals surface area contributed by atoms with Crippen LogP contribution < -0.4 is 5.32 Å². The van der Waals surface area contributed by atoms with Gasteiger partial charge >= 0.3 is 0 Å². The summed E-state index contributed by atoms with van der Waals surface area (Å²) in [4.78, 5) is 19.4. The number of likely N-dealkylation sites (tertiary alicyclic amines) is 1. The van der Waals surface area contributed by atoms with Crippen LogP contribution in [0.15, 0.2) is 51.5 Å². The van der Waals surface area contributed by atoms with Crippen LogP contribution in [-0.2, 0) is 11.3 Å². The first kappa shape index (κ1) is 21.0. The molecule has 30 heavy (non-hydrogen) atoms. The van der Waals surface area contributed by atoms with Crippen molar-refractivity contribution < 1.29 is 9.32 Å². The molecule has 0 aliphatic carbocycles. The molecule has 6 nitrogen and oxygen atoms in total. The highest BCUT2D eigenvalue weighted by atomic mass is 79.9. The quantitative estimate of drug-likeness (QED) is 0.526. The smallest absolute Gasteiger partial charge is 0.241 e. The Morgan fingerprint density at radius 2 is 1.97 bits per heavy atom. The standard InChI is InChI=1S/C22H22BrClN4O2/c1-14-18(24)3-2-4-19(14)25-22(29)16-9-11-28(12-10-16)13-20-26-21(27-30-20)15-5-7-17(23)8-6-15/h2-8,16H,9-13H2,1H3,(H,25,29). The summed E-state index contributed by atoms with van der Waals surface area (Å²) < 4.78 is 6.43. The van der Waals surface area contributed by atoms with Gasteiger partial charge in [-0.3, -0.25) is 9.69 Å². The van der Waals surface area contributed by atoms with Crippen molar-refractivity contribution in [1.29, 1.82) is 0 Å². The van der Waals surface area contributed by atoms with Gasteiger partial charge in [0.25, 0.3) is 0 Å². The van der Waals surface area contributed by atoms with E-state index in [2.05, 4.69) is 36.3 Å². The van der Waals surface area contributed by atoms with Gasteiger partial charge in [0.05, 0.1) is 6.54 Å². The van der Waals surface area contributed by atoms with Crippen LogP contribution in [0.1, 0.15) is 24.3 Å². The molecule has 1 amide bonds. The Balaban J connectivity index is 1.30. The molecular weight excluding hydrogens is 468 g/mol. The highest BCUT2D eigenvalue weighted by Gasteiger charge is 2.26. The Labute approximate surface area is 188 Å². The lowest BCUT2D eigenvalue weighted by molar-refractivity contribution is -0.121. The molecule has 0 saturated carbocycles. The molecule has 0 unspecified atom stereocenters. The average molecular weight is 490 g/mol. The minimum absolute atomic E-state index is 0.0133. The highest BCUT2D eigenvalue weighted by molar-refractivity contribution is 9.10. The van der Waals surface area contributed by atoms with E-state index in [0.717, 1.165) is 47.2 Å². The lowest BCUT2D eigenvalue weighted by Crippen LogP contribution is -2.37. The summed E-state index contributed by atoms with van der Waals surface area (Å²) in [5.41, 5.74) is 2.59. The molecule has 0 atom stereocenters. The van der Waals surface area contributed by atoms with Crippen molar-refractivity contribution in [2.24, 2.45) is 5.92 Å². The normalized spacial score (nSPS) is 15.3. The van der Waals surface area contributed by atoms with Gasteiger partial charge in [-0.1, -0.05) is 38.8 Å². The van der Waals surface area contributed by atoms with E-state index in [9.17, 15) is 4.79 Å². The van der Waals surface area contributed by atoms with Gasteiger partial charge in [-0.25, -0.2) is 0 Å². The summed E-state index contributed by atoms with van der Waals surface area (Å²) in [6.45, 7) is 4.12. The first-order valence-electron chi connectivity index (χ1n) is 9.86. The zero-order valence-electron chi connectivity index (χ0n) is 16.6. The van der Waals surface area contributed by atoms with Crippen LogP contribution in [0.5, 0.6) is 0 Å². The van der Waals surface area contributed by atoms with Gasteiger partial charge in [-0.05, 0) is 74.8 Å². The predicted molar refractivity (Wildman–Crippen MR) is 120 cm³/mol. The maximum Gasteiger partial charge on any atom is 0.241 e. The molecule has 1 aliphatic heterocycles. The topological polar surface area (TPSA) is 71.3 Å². The van der Waals surface area contributed by atoms with E-state index in [1.165, 1.54) is 0 Å². The Bertz CT molecular complexity index is 1030. The van der Waals surface area contributed by atoms with Crippen LogP contribution in [0.3, 0.4) is 0 Å². The molecule has 2 aromatic carbocycles. The van der Waals surface area contributed by atoms with Crippen molar-refractivity contribution in [2.75, 3.05) is 18.4 Å². The Morgan fingerprint density at radius 3 is 2.70 bits per heavy atom. The SMILES string of the molecule is Cc1c(Cl)cccc1NC(=O)C1CCN(Cc2nc(-c3ccc(Br)cc3)no2)CC1. The molecule has 1 fully saturated rings. The number of carbonyl (C=O) groups is 1. The first-order valence-corrected chi connectivity index (χ1v) is 11.0. The molecular formula is C22H22BrClN4O2. The largest absolute Gasteiger partial charge is 0.338 e. The number of nitrogens with zero attached hydrogens (tertiary/aromatic N) is 3. The second-order valence-corrected chi connectivity index (χ2v) is 8.79. The van der Waals surface area contributed by atoms with E-state index >= 15 is 0 Å². The third-order valence-corrected chi connectivity index (χ3v) is 6.35. The molecule has 4 rings (SSSR count). The average Bonchev–Trinajstić information content (AvgIpc) is 3.21. The second kappa shape index (κ2) is 9.29. The third kappa shape index (κ3) is 4.91. The van der Waals surface area contributed by atoms with Crippen LogP contribution in [0, 0.1) is 12.8 Å². The van der Waals surface area contributed by atoms with Gasteiger partial charge in [-0.15, -0.1) is 0 Å². The van der Waals surface area contributed by atoms with Crippen LogP contribution in [0.2, 0.25) is 5.02 Å². The molecule has 1 aliphatic rings. The van der Waals surface area contributed by atoms with Gasteiger partial charge in [0.15, 0.2) is 0 Å². The van der Waals surface area contributed by atoms with Crippen molar-refractivity contribution in [2.45, 2.75) is 26.3 Å². The zero-order chi connectivity index (χ0) is 21.1. The molecule has 1 saturated heterocycles. The van der Waals surface area contributed by atoms with Gasteiger partial charge in [0.2, 0.25) is 17.6 Å². The summed E-state index contributed by atoms with van der Waals surface area (Å²) in [7, 11) is 0. The molecule has 0 radical (unpaired) electrons. The number of nitrogens with one attached hydrogen (secondary N) is 1. The van der Waals surface area contributed by atoms with Crippen molar-refractivity contribution >= 4 is 39.1 Å². The molecule has 156 valence electrons. The minimum Gasteiger partial charge on any atom is -0.338 e. The summed E-state index contributed by atoms with van der Waals surface area (Å²) in [6.07, 6.45) is 1.58. The number of hydrogen-bond donors (Lipinski definition) is 1. The van der Waals surface area contributed by atoms with Gasteiger partial charge in [0.1, 0.15) is 0 Å². The van der Waals surface area contributed by atoms with Crippen molar-refractivity contribution in [1.82, 2.24) is 15.0 Å². The summed E-state index contributed by atoms with van der Waals surface area (Å²) in [6, 6.07) is 13.4. The fourth-order valence-electron chi connectivity index (χ4n) is 3.56. The van der Waals surface area contributed by atoms with Crippen molar-refractivity contribution in [3.05, 3.63) is 63.4 Å². The van der Waals surface area contributed by atoms with E-state index in [0.29, 0.717) is 23.3 Å². The van der Waals surface area contributed by atoms with E-state index in [4.69, 9.17) is 16.1 Å². The van der Waals surface area contributed by atoms with E-state index in [-0.39, 0.29) is 11.8 Å². The fourth-order valence-corrected chi connectivity index (χ4v) is 4.00. The van der Waals surface area contributed by atoms with Crippen molar-refractivity contribution in [3.63, 3.8) is 0 Å². The fraction of sp³-hybridized carbons (Fsp3) is 0.318. The molecule has 0 spiro atoms. The van der Waals surface area contributed by atoms with Crippen LogP contribution in [-0.4, -0.2) is 34.0 Å². The van der Waals surface area contributed by atoms with E-state index < -0.39 is 0 Å². The number of benzene rings is 2. The number of amides is 1. The third-order valence-electron chi connectivity index (χ3n) is 5.41. The number of rotatable bonds is 5. The Kier molecular flexibility index (Phi) is 6.51.